The Bertz CT molecular complexity index is 605. The van der Waals surface area contributed by atoms with Gasteiger partial charge in [0.1, 0.15) is 6.10 Å². The van der Waals surface area contributed by atoms with Crippen molar-refractivity contribution >= 4 is 5.97 Å². The molecule has 1 aromatic rings. The van der Waals surface area contributed by atoms with Crippen LogP contribution >= 0.6 is 0 Å². The number of hydrogen-bond donors (Lipinski definition) is 3. The Morgan fingerprint density at radius 1 is 0.688 bits per heavy atom. The van der Waals surface area contributed by atoms with Gasteiger partial charge in [-0.05, 0) is 37.8 Å². The average molecular weight is 451 g/mol. The van der Waals surface area contributed by atoms with E-state index in [9.17, 15) is 20.1 Å². The van der Waals surface area contributed by atoms with Crippen molar-refractivity contribution in [3.8, 4) is 17.2 Å². The predicted molar refractivity (Wildman–Crippen MR) is 130 cm³/mol. The summed E-state index contributed by atoms with van der Waals surface area (Å²) in [4.78, 5) is 12.6. The summed E-state index contributed by atoms with van der Waals surface area (Å²) >= 11 is 0. The van der Waals surface area contributed by atoms with Crippen LogP contribution in [0, 0.1) is 0 Å². The predicted octanol–water partition coefficient (Wildman–Crippen LogP) is 8.00. The van der Waals surface area contributed by atoms with Crippen molar-refractivity contribution in [2.45, 2.75) is 129 Å². The smallest absolute Gasteiger partial charge is 0.338 e. The van der Waals surface area contributed by atoms with Gasteiger partial charge >= 0.3 is 5.97 Å². The summed E-state index contributed by atoms with van der Waals surface area (Å²) < 4.78 is 5.74. The minimum absolute atomic E-state index is 0.0535. The number of aromatic hydroxyl groups is 3. The molecule has 0 fully saturated rings. The van der Waals surface area contributed by atoms with Crippen molar-refractivity contribution in [3.05, 3.63) is 17.7 Å². The summed E-state index contributed by atoms with van der Waals surface area (Å²) in [5.41, 5.74) is 0.0535. The van der Waals surface area contributed by atoms with Gasteiger partial charge in [0.25, 0.3) is 0 Å². The Kier molecular flexibility index (Phi) is 15.5. The van der Waals surface area contributed by atoms with Crippen LogP contribution < -0.4 is 0 Å². The number of phenols is 3. The molecule has 0 aliphatic carbocycles. The van der Waals surface area contributed by atoms with Crippen LogP contribution in [0.3, 0.4) is 0 Å². The van der Waals surface area contributed by atoms with Crippen LogP contribution in [0.4, 0.5) is 0 Å². The largest absolute Gasteiger partial charge is 0.504 e. The zero-order valence-electron chi connectivity index (χ0n) is 20.4. The molecule has 0 saturated heterocycles. The van der Waals surface area contributed by atoms with Gasteiger partial charge in [-0.2, -0.15) is 0 Å². The first-order valence-corrected chi connectivity index (χ1v) is 13.0. The highest BCUT2D eigenvalue weighted by Crippen LogP contribution is 2.35. The van der Waals surface area contributed by atoms with E-state index in [1.54, 1.807) is 0 Å². The van der Waals surface area contributed by atoms with Crippen LogP contribution in [0.15, 0.2) is 12.1 Å². The van der Waals surface area contributed by atoms with E-state index in [2.05, 4.69) is 13.8 Å². The van der Waals surface area contributed by atoms with Gasteiger partial charge < -0.3 is 20.1 Å². The van der Waals surface area contributed by atoms with Crippen LogP contribution in [0.5, 0.6) is 17.2 Å². The third kappa shape index (κ3) is 12.2. The summed E-state index contributed by atoms with van der Waals surface area (Å²) in [5.74, 6) is -2.24. The number of hydrogen-bond acceptors (Lipinski definition) is 5. The molecule has 0 aliphatic rings. The first-order valence-electron chi connectivity index (χ1n) is 13.0. The number of esters is 1. The van der Waals surface area contributed by atoms with Crippen LogP contribution in [0.25, 0.3) is 0 Å². The van der Waals surface area contributed by atoms with Crippen molar-refractivity contribution in [1.82, 2.24) is 0 Å². The lowest BCUT2D eigenvalue weighted by Gasteiger charge is -2.18. The second kappa shape index (κ2) is 17.6. The maximum Gasteiger partial charge on any atom is 0.338 e. The molecule has 1 unspecified atom stereocenters. The van der Waals surface area contributed by atoms with E-state index in [1.165, 1.54) is 70.6 Å². The lowest BCUT2D eigenvalue weighted by molar-refractivity contribution is 0.0248. The molecule has 0 amide bonds. The molecule has 1 atom stereocenters. The van der Waals surface area contributed by atoms with Gasteiger partial charge in [-0.25, -0.2) is 4.79 Å². The molecule has 1 aromatic carbocycles. The molecule has 184 valence electrons. The molecular formula is C27H46O5. The Hall–Kier alpha value is -1.91. The zero-order valence-corrected chi connectivity index (χ0v) is 20.4. The highest BCUT2D eigenvalue weighted by molar-refractivity contribution is 5.91. The van der Waals surface area contributed by atoms with E-state index in [1.807, 2.05) is 0 Å². The summed E-state index contributed by atoms with van der Waals surface area (Å²) in [6.07, 6.45) is 20.0. The topological polar surface area (TPSA) is 87.0 Å². The van der Waals surface area contributed by atoms with Gasteiger partial charge in [0.15, 0.2) is 17.2 Å². The number of rotatable bonds is 19. The molecule has 3 N–H and O–H groups in total. The Labute approximate surface area is 195 Å². The molecule has 5 heteroatoms. The summed E-state index contributed by atoms with van der Waals surface area (Å²) in [6.45, 7) is 4.45. The number of carbonyl (C=O) groups excluding carboxylic acids is 1. The molecule has 0 aliphatic heterocycles. The van der Waals surface area contributed by atoms with Crippen LogP contribution in [0.2, 0.25) is 0 Å². The third-order valence-corrected chi connectivity index (χ3v) is 6.09. The fraction of sp³-hybridized carbons (Fsp3) is 0.741. The molecule has 0 saturated carbocycles. The fourth-order valence-corrected chi connectivity index (χ4v) is 4.04. The number of unbranched alkanes of at least 4 members (excludes halogenated alkanes) is 13. The van der Waals surface area contributed by atoms with E-state index >= 15 is 0 Å². The maximum atomic E-state index is 12.6. The molecule has 0 aromatic heterocycles. The quantitative estimate of drug-likeness (QED) is 0.113. The highest BCUT2D eigenvalue weighted by atomic mass is 16.5. The van der Waals surface area contributed by atoms with Crippen molar-refractivity contribution in [1.29, 1.82) is 0 Å². The Morgan fingerprint density at radius 2 is 1.06 bits per heavy atom. The van der Waals surface area contributed by atoms with Gasteiger partial charge in [-0.15, -0.1) is 0 Å². The monoisotopic (exact) mass is 450 g/mol. The van der Waals surface area contributed by atoms with Crippen LogP contribution in [-0.2, 0) is 4.74 Å². The normalized spacial score (nSPS) is 12.1. The third-order valence-electron chi connectivity index (χ3n) is 6.09. The number of benzene rings is 1. The second-order valence-electron chi connectivity index (χ2n) is 9.06. The van der Waals surface area contributed by atoms with Gasteiger partial charge in [-0.1, -0.05) is 97.3 Å². The van der Waals surface area contributed by atoms with E-state index in [0.717, 1.165) is 50.7 Å². The summed E-state index contributed by atoms with van der Waals surface area (Å²) in [6, 6.07) is 2.27. The van der Waals surface area contributed by atoms with Gasteiger partial charge in [0, 0.05) is 0 Å². The number of phenolic OH excluding ortho intramolecular Hbond substituents is 3. The lowest BCUT2D eigenvalue weighted by atomic mass is 10.0. The van der Waals surface area contributed by atoms with Crippen molar-refractivity contribution < 1.29 is 24.9 Å². The Balaban J connectivity index is 2.46. The molecule has 5 nitrogen and oxygen atoms in total. The maximum absolute atomic E-state index is 12.6. The number of ether oxygens (including phenoxy) is 1. The van der Waals surface area contributed by atoms with Crippen molar-refractivity contribution in [2.24, 2.45) is 0 Å². The van der Waals surface area contributed by atoms with Gasteiger partial charge in [0.05, 0.1) is 5.56 Å². The molecule has 0 heterocycles. The molecule has 32 heavy (non-hydrogen) atoms. The fourth-order valence-electron chi connectivity index (χ4n) is 4.04. The standard InChI is InChI=1S/C27H46O5/c1-3-5-7-9-11-12-13-15-17-19-23(18-16-14-10-8-6-4-2)32-27(31)22-20-24(28)26(30)25(29)21-22/h20-21,23,28-30H,3-19H2,1-2H3. The summed E-state index contributed by atoms with van der Waals surface area (Å²) in [5, 5.41) is 28.9. The van der Waals surface area contributed by atoms with Gasteiger partial charge in [0.2, 0.25) is 0 Å². The number of carbonyl (C=O) groups is 1. The van der Waals surface area contributed by atoms with E-state index < -0.39 is 23.2 Å². The molecule has 0 radical (unpaired) electrons. The first kappa shape index (κ1) is 28.1. The van der Waals surface area contributed by atoms with Crippen molar-refractivity contribution in [3.63, 3.8) is 0 Å². The van der Waals surface area contributed by atoms with Gasteiger partial charge in [-0.3, -0.25) is 0 Å². The molecule has 1 rings (SSSR count). The first-order chi connectivity index (χ1) is 15.5. The van der Waals surface area contributed by atoms with E-state index in [0.29, 0.717) is 0 Å². The molecular weight excluding hydrogens is 404 g/mol. The van der Waals surface area contributed by atoms with Crippen LogP contribution in [-0.4, -0.2) is 27.4 Å². The minimum atomic E-state index is -0.625. The van der Waals surface area contributed by atoms with Crippen molar-refractivity contribution in [2.75, 3.05) is 0 Å². The lowest BCUT2D eigenvalue weighted by Crippen LogP contribution is -2.18. The SMILES string of the molecule is CCCCCCCCCCCC(CCCCCCCC)OC(=O)c1cc(O)c(O)c(O)c1. The molecule has 0 spiro atoms. The molecule has 0 bridgehead atoms. The Morgan fingerprint density at radius 3 is 1.47 bits per heavy atom. The minimum Gasteiger partial charge on any atom is -0.504 e. The summed E-state index contributed by atoms with van der Waals surface area (Å²) in [7, 11) is 0. The van der Waals surface area contributed by atoms with E-state index in [-0.39, 0.29) is 11.7 Å². The van der Waals surface area contributed by atoms with Crippen LogP contribution in [0.1, 0.15) is 133 Å². The highest BCUT2D eigenvalue weighted by Gasteiger charge is 2.19. The zero-order chi connectivity index (χ0) is 23.6. The van der Waals surface area contributed by atoms with E-state index in [4.69, 9.17) is 4.74 Å². The second-order valence-corrected chi connectivity index (χ2v) is 9.06. The average Bonchev–Trinajstić information content (AvgIpc) is 2.77.